The number of amides is 2. The molecule has 2 amide bonds. The molecule has 174 valence electrons. The van der Waals surface area contributed by atoms with Gasteiger partial charge in [-0.15, -0.1) is 0 Å². The zero-order valence-corrected chi connectivity index (χ0v) is 20.1. The minimum Gasteiger partial charge on any atom is -0.465 e. The molecule has 1 aromatic rings. The molecule has 0 radical (unpaired) electrons. The first kappa shape index (κ1) is 26.8. The van der Waals surface area contributed by atoms with Crippen LogP contribution in [0.3, 0.4) is 0 Å². The van der Waals surface area contributed by atoms with Gasteiger partial charge in [0.1, 0.15) is 11.6 Å². The lowest BCUT2D eigenvalue weighted by Crippen LogP contribution is -2.49. The van der Waals surface area contributed by atoms with E-state index in [4.69, 9.17) is 9.47 Å². The molecule has 0 aliphatic rings. The molecule has 1 atom stereocenters. The predicted molar refractivity (Wildman–Crippen MR) is 124 cm³/mol. The second-order valence-electron chi connectivity index (χ2n) is 8.25. The Morgan fingerprint density at radius 3 is 2.32 bits per heavy atom. The number of hydrogen-bond acceptors (Lipinski definition) is 6. The summed E-state index contributed by atoms with van der Waals surface area (Å²) in [5, 5.41) is 5.60. The number of hydrogen-bond donors (Lipinski definition) is 2. The van der Waals surface area contributed by atoms with Crippen LogP contribution in [-0.2, 0) is 20.0 Å². The van der Waals surface area contributed by atoms with Crippen molar-refractivity contribution in [2.75, 3.05) is 19.4 Å². The van der Waals surface area contributed by atoms with Gasteiger partial charge < -0.3 is 20.1 Å². The molecule has 2 N–H and O–H groups in total. The number of esters is 1. The monoisotopic (exact) mass is 452 g/mol. The Hall–Kier alpha value is -2.22. The van der Waals surface area contributed by atoms with Crippen molar-refractivity contribution in [3.63, 3.8) is 0 Å². The number of methoxy groups -OCH3 is 1. The highest BCUT2D eigenvalue weighted by atomic mass is 32.2. The van der Waals surface area contributed by atoms with E-state index in [1.807, 2.05) is 12.1 Å². The summed E-state index contributed by atoms with van der Waals surface area (Å²) in [5.74, 6) is 0.448. The van der Waals surface area contributed by atoms with E-state index in [0.29, 0.717) is 23.6 Å². The number of unbranched alkanes of at least 4 members (excludes halogenated alkanes) is 3. The largest absolute Gasteiger partial charge is 0.465 e. The highest BCUT2D eigenvalue weighted by molar-refractivity contribution is 7.98. The standard InChI is InChI=1S/C23H36N2O5S/c1-6-7-8-9-14-24-20(26)19(25-22(28)30-23(2,3)4)16-31-15-17-10-12-18(13-11-17)21(27)29-5/h10-13,19H,6-9,14-16H2,1-5H3,(H,24,26)(H,25,28)/t19-/m1/s1. The van der Waals surface area contributed by atoms with Crippen LogP contribution in [0.25, 0.3) is 0 Å². The molecule has 7 nitrogen and oxygen atoms in total. The van der Waals surface area contributed by atoms with Crippen LogP contribution in [0, 0.1) is 0 Å². The summed E-state index contributed by atoms with van der Waals surface area (Å²) in [6.07, 6.45) is 3.64. The van der Waals surface area contributed by atoms with Gasteiger partial charge in [-0.3, -0.25) is 4.79 Å². The van der Waals surface area contributed by atoms with Crippen molar-refractivity contribution < 1.29 is 23.9 Å². The number of ether oxygens (including phenoxy) is 2. The number of benzene rings is 1. The average molecular weight is 453 g/mol. The van der Waals surface area contributed by atoms with Crippen LogP contribution in [-0.4, -0.2) is 49.0 Å². The van der Waals surface area contributed by atoms with Gasteiger partial charge in [0.15, 0.2) is 0 Å². The number of carbonyl (C=O) groups is 3. The molecular formula is C23H36N2O5S. The van der Waals surface area contributed by atoms with Gasteiger partial charge in [-0.1, -0.05) is 38.3 Å². The molecule has 0 aliphatic carbocycles. The van der Waals surface area contributed by atoms with E-state index >= 15 is 0 Å². The molecule has 1 aromatic carbocycles. The van der Waals surface area contributed by atoms with Crippen molar-refractivity contribution in [3.05, 3.63) is 35.4 Å². The van der Waals surface area contributed by atoms with Crippen molar-refractivity contribution in [2.45, 2.75) is 70.8 Å². The van der Waals surface area contributed by atoms with E-state index in [0.717, 1.165) is 31.2 Å². The minimum absolute atomic E-state index is 0.212. The smallest absolute Gasteiger partial charge is 0.408 e. The molecule has 0 heterocycles. The molecule has 1 rings (SSSR count). The molecule has 0 aliphatic heterocycles. The van der Waals surface area contributed by atoms with Crippen LogP contribution in [0.1, 0.15) is 69.3 Å². The summed E-state index contributed by atoms with van der Waals surface area (Å²) >= 11 is 1.52. The van der Waals surface area contributed by atoms with Gasteiger partial charge in [-0.25, -0.2) is 9.59 Å². The van der Waals surface area contributed by atoms with Crippen LogP contribution >= 0.6 is 11.8 Å². The Labute approximate surface area is 190 Å². The lowest BCUT2D eigenvalue weighted by Gasteiger charge is -2.23. The second-order valence-corrected chi connectivity index (χ2v) is 9.28. The molecule has 0 bridgehead atoms. The summed E-state index contributed by atoms with van der Waals surface area (Å²) in [6.45, 7) is 8.07. The van der Waals surface area contributed by atoms with Crippen LogP contribution < -0.4 is 10.6 Å². The Morgan fingerprint density at radius 2 is 1.74 bits per heavy atom. The summed E-state index contributed by atoms with van der Waals surface area (Å²) in [4.78, 5) is 36.3. The van der Waals surface area contributed by atoms with Crippen LogP contribution in [0.15, 0.2) is 24.3 Å². The predicted octanol–water partition coefficient (Wildman–Crippen LogP) is 4.30. The maximum Gasteiger partial charge on any atom is 0.408 e. The van der Waals surface area contributed by atoms with Crippen molar-refractivity contribution in [1.82, 2.24) is 10.6 Å². The fourth-order valence-electron chi connectivity index (χ4n) is 2.67. The maximum atomic E-state index is 12.6. The van der Waals surface area contributed by atoms with Gasteiger partial charge in [0, 0.05) is 18.1 Å². The third kappa shape index (κ3) is 11.7. The first-order valence-corrected chi connectivity index (χ1v) is 11.8. The number of rotatable bonds is 12. The summed E-state index contributed by atoms with van der Waals surface area (Å²) in [5.41, 5.74) is 0.858. The Kier molecular flexibility index (Phi) is 12.1. The number of thioether (sulfide) groups is 1. The van der Waals surface area contributed by atoms with E-state index in [1.165, 1.54) is 18.9 Å². The Bertz CT molecular complexity index is 701. The van der Waals surface area contributed by atoms with Crippen LogP contribution in [0.2, 0.25) is 0 Å². The second kappa shape index (κ2) is 14.0. The summed E-state index contributed by atoms with van der Waals surface area (Å²) in [6, 6.07) is 6.43. The van der Waals surface area contributed by atoms with E-state index < -0.39 is 17.7 Å². The van der Waals surface area contributed by atoms with Gasteiger partial charge in [0.25, 0.3) is 0 Å². The minimum atomic E-state index is -0.694. The lowest BCUT2D eigenvalue weighted by molar-refractivity contribution is -0.122. The van der Waals surface area contributed by atoms with Crippen molar-refractivity contribution in [3.8, 4) is 0 Å². The van der Waals surface area contributed by atoms with Gasteiger partial charge >= 0.3 is 12.1 Å². The fraction of sp³-hybridized carbons (Fsp3) is 0.609. The van der Waals surface area contributed by atoms with Gasteiger partial charge in [0.05, 0.1) is 12.7 Å². The third-order valence-corrected chi connectivity index (χ3v) is 5.37. The zero-order chi connectivity index (χ0) is 23.3. The van der Waals surface area contributed by atoms with Crippen molar-refractivity contribution in [2.24, 2.45) is 0 Å². The van der Waals surface area contributed by atoms with Gasteiger partial charge in [0.2, 0.25) is 5.91 Å². The topological polar surface area (TPSA) is 93.7 Å². The number of alkyl carbamates (subject to hydrolysis) is 1. The number of carbonyl (C=O) groups excluding carboxylic acids is 3. The Morgan fingerprint density at radius 1 is 1.06 bits per heavy atom. The molecule has 0 aromatic heterocycles. The quantitative estimate of drug-likeness (QED) is 0.363. The molecule has 0 saturated carbocycles. The fourth-order valence-corrected chi connectivity index (χ4v) is 3.69. The first-order valence-electron chi connectivity index (χ1n) is 10.7. The van der Waals surface area contributed by atoms with Crippen molar-refractivity contribution in [1.29, 1.82) is 0 Å². The van der Waals surface area contributed by atoms with Crippen LogP contribution in [0.4, 0.5) is 4.79 Å². The molecule has 0 unspecified atom stereocenters. The third-order valence-electron chi connectivity index (χ3n) is 4.27. The van der Waals surface area contributed by atoms with Crippen molar-refractivity contribution >= 4 is 29.7 Å². The van der Waals surface area contributed by atoms with Crippen LogP contribution in [0.5, 0.6) is 0 Å². The van der Waals surface area contributed by atoms with E-state index in [9.17, 15) is 14.4 Å². The maximum absolute atomic E-state index is 12.6. The van der Waals surface area contributed by atoms with Gasteiger partial charge in [-0.05, 0) is 44.9 Å². The van der Waals surface area contributed by atoms with E-state index in [1.54, 1.807) is 32.9 Å². The van der Waals surface area contributed by atoms with Gasteiger partial charge in [-0.2, -0.15) is 11.8 Å². The molecular weight excluding hydrogens is 416 g/mol. The Balaban J connectivity index is 2.62. The molecule has 31 heavy (non-hydrogen) atoms. The normalized spacial score (nSPS) is 12.0. The molecule has 8 heteroatoms. The molecule has 0 fully saturated rings. The number of nitrogens with one attached hydrogen (secondary N) is 2. The highest BCUT2D eigenvalue weighted by Crippen LogP contribution is 2.15. The first-order chi connectivity index (χ1) is 14.7. The highest BCUT2D eigenvalue weighted by Gasteiger charge is 2.24. The van der Waals surface area contributed by atoms with E-state index in [-0.39, 0.29) is 11.9 Å². The zero-order valence-electron chi connectivity index (χ0n) is 19.3. The SMILES string of the molecule is CCCCCCNC(=O)[C@@H](CSCc1ccc(C(=O)OC)cc1)NC(=O)OC(C)(C)C. The summed E-state index contributed by atoms with van der Waals surface area (Å²) < 4.78 is 10.0. The molecule has 0 spiro atoms. The summed E-state index contributed by atoms with van der Waals surface area (Å²) in [7, 11) is 1.35. The lowest BCUT2D eigenvalue weighted by atomic mass is 10.1. The molecule has 0 saturated heterocycles. The van der Waals surface area contributed by atoms with E-state index in [2.05, 4.69) is 17.6 Å². The average Bonchev–Trinajstić information content (AvgIpc) is 2.71.